The lowest BCUT2D eigenvalue weighted by atomic mass is 10.2. The van der Waals surface area contributed by atoms with E-state index in [0.717, 1.165) is 25.0 Å². The average molecular weight is 319 g/mol. The highest BCUT2D eigenvalue weighted by atomic mass is 16.5. The highest BCUT2D eigenvalue weighted by molar-refractivity contribution is 5.96. The van der Waals surface area contributed by atoms with Crippen LogP contribution in [0.15, 0.2) is 18.6 Å². The quantitative estimate of drug-likeness (QED) is 0.885. The molecule has 0 spiro atoms. The summed E-state index contributed by atoms with van der Waals surface area (Å²) in [7, 11) is 5.10. The van der Waals surface area contributed by atoms with Gasteiger partial charge in [0, 0.05) is 14.1 Å². The second-order valence-electron chi connectivity index (χ2n) is 5.71. The molecule has 0 aromatic carbocycles. The molecular formula is C15H21N5O3. The number of methoxy groups -OCH3 is 1. The Morgan fingerprint density at radius 2 is 2.13 bits per heavy atom. The normalized spacial score (nSPS) is 20.5. The van der Waals surface area contributed by atoms with Gasteiger partial charge in [-0.2, -0.15) is 10.2 Å². The molecule has 0 radical (unpaired) electrons. The minimum atomic E-state index is -0.193. The zero-order valence-corrected chi connectivity index (χ0v) is 13.5. The first-order valence-electron chi connectivity index (χ1n) is 7.60. The molecule has 0 unspecified atom stereocenters. The molecule has 124 valence electrons. The van der Waals surface area contributed by atoms with Crippen LogP contribution < -0.4 is 14.8 Å². The standard InChI is InChI=1S/C15H21N5O3/c1-19-9-10(7-16-19)23-13-6-4-5-12(13)18-14(21)11-8-17-20(2)15(11)22-3/h7-9,12-13H,4-6H2,1-3H3,(H,18,21)/t12-,13+/m0/s1. The Bertz CT molecular complexity index is 693. The van der Waals surface area contributed by atoms with Crippen molar-refractivity contribution >= 4 is 5.91 Å². The van der Waals surface area contributed by atoms with Crippen molar-refractivity contribution in [2.75, 3.05) is 7.11 Å². The number of amides is 1. The molecule has 0 saturated heterocycles. The summed E-state index contributed by atoms with van der Waals surface area (Å²) in [4.78, 5) is 12.5. The summed E-state index contributed by atoms with van der Waals surface area (Å²) >= 11 is 0. The van der Waals surface area contributed by atoms with Crippen LogP contribution in [0.25, 0.3) is 0 Å². The zero-order chi connectivity index (χ0) is 16.4. The molecule has 8 heteroatoms. The van der Waals surface area contributed by atoms with E-state index in [1.807, 2.05) is 13.2 Å². The molecule has 3 rings (SSSR count). The van der Waals surface area contributed by atoms with Gasteiger partial charge in [0.05, 0.1) is 31.7 Å². The predicted octanol–water partition coefficient (Wildman–Crippen LogP) is 0.892. The van der Waals surface area contributed by atoms with Crippen LogP contribution in [0.2, 0.25) is 0 Å². The van der Waals surface area contributed by atoms with Gasteiger partial charge in [-0.1, -0.05) is 0 Å². The van der Waals surface area contributed by atoms with Crippen LogP contribution in [0.4, 0.5) is 0 Å². The lowest BCUT2D eigenvalue weighted by Crippen LogP contribution is -2.42. The van der Waals surface area contributed by atoms with Crippen LogP contribution in [0.1, 0.15) is 29.6 Å². The van der Waals surface area contributed by atoms with Gasteiger partial charge in [0.2, 0.25) is 5.88 Å². The molecule has 23 heavy (non-hydrogen) atoms. The fourth-order valence-corrected chi connectivity index (χ4v) is 2.94. The van der Waals surface area contributed by atoms with E-state index in [1.165, 1.54) is 18.0 Å². The van der Waals surface area contributed by atoms with E-state index in [2.05, 4.69) is 15.5 Å². The van der Waals surface area contributed by atoms with Gasteiger partial charge in [-0.3, -0.25) is 9.48 Å². The number of carbonyl (C=O) groups excluding carboxylic acids is 1. The van der Waals surface area contributed by atoms with Crippen molar-refractivity contribution in [2.45, 2.75) is 31.4 Å². The van der Waals surface area contributed by atoms with Gasteiger partial charge in [-0.15, -0.1) is 0 Å². The van der Waals surface area contributed by atoms with E-state index in [4.69, 9.17) is 9.47 Å². The second kappa shape index (κ2) is 6.31. The topological polar surface area (TPSA) is 83.2 Å². The van der Waals surface area contributed by atoms with E-state index in [-0.39, 0.29) is 18.1 Å². The molecule has 8 nitrogen and oxygen atoms in total. The molecule has 1 amide bonds. The van der Waals surface area contributed by atoms with Gasteiger partial charge in [0.1, 0.15) is 11.7 Å². The third kappa shape index (κ3) is 3.15. The maximum Gasteiger partial charge on any atom is 0.258 e. The molecule has 2 atom stereocenters. The summed E-state index contributed by atoms with van der Waals surface area (Å²) < 4.78 is 14.4. The minimum absolute atomic E-state index is 0.0346. The van der Waals surface area contributed by atoms with Crippen LogP contribution >= 0.6 is 0 Å². The first kappa shape index (κ1) is 15.4. The molecule has 2 aromatic heterocycles. The van der Waals surface area contributed by atoms with Crippen molar-refractivity contribution in [2.24, 2.45) is 14.1 Å². The number of hydrogen-bond donors (Lipinski definition) is 1. The van der Waals surface area contributed by atoms with Gasteiger partial charge in [0.15, 0.2) is 5.75 Å². The van der Waals surface area contributed by atoms with E-state index in [0.29, 0.717) is 11.4 Å². The number of aryl methyl sites for hydroxylation is 2. The molecule has 1 fully saturated rings. The van der Waals surface area contributed by atoms with Crippen LogP contribution in [0, 0.1) is 0 Å². The molecule has 1 aliphatic rings. The van der Waals surface area contributed by atoms with Crippen LogP contribution in [0.5, 0.6) is 11.6 Å². The SMILES string of the molecule is COc1c(C(=O)N[C@H]2CCC[C@H]2Oc2cnn(C)c2)cnn1C. The van der Waals surface area contributed by atoms with Crippen molar-refractivity contribution in [1.29, 1.82) is 0 Å². The fourth-order valence-electron chi connectivity index (χ4n) is 2.94. The van der Waals surface area contributed by atoms with Crippen LogP contribution in [-0.4, -0.2) is 44.7 Å². The lowest BCUT2D eigenvalue weighted by molar-refractivity contribution is 0.0890. The summed E-state index contributed by atoms with van der Waals surface area (Å²) in [5, 5.41) is 11.2. The third-order valence-electron chi connectivity index (χ3n) is 4.06. The minimum Gasteiger partial charge on any atom is -0.485 e. The number of nitrogens with zero attached hydrogens (tertiary/aromatic N) is 4. The van der Waals surface area contributed by atoms with Crippen molar-refractivity contribution in [1.82, 2.24) is 24.9 Å². The summed E-state index contributed by atoms with van der Waals surface area (Å²) in [5.74, 6) is 0.976. The van der Waals surface area contributed by atoms with E-state index >= 15 is 0 Å². The number of aromatic nitrogens is 4. The van der Waals surface area contributed by atoms with Crippen LogP contribution in [0.3, 0.4) is 0 Å². The second-order valence-corrected chi connectivity index (χ2v) is 5.71. The number of carbonyl (C=O) groups is 1. The zero-order valence-electron chi connectivity index (χ0n) is 13.5. The fraction of sp³-hybridized carbons (Fsp3) is 0.533. The van der Waals surface area contributed by atoms with Gasteiger partial charge < -0.3 is 14.8 Å². The Balaban J connectivity index is 1.67. The van der Waals surface area contributed by atoms with E-state index in [1.54, 1.807) is 17.9 Å². The predicted molar refractivity (Wildman–Crippen MR) is 82.5 cm³/mol. The first-order chi connectivity index (χ1) is 11.1. The van der Waals surface area contributed by atoms with E-state index < -0.39 is 0 Å². The Morgan fingerprint density at radius 3 is 2.83 bits per heavy atom. The molecule has 2 aromatic rings. The molecule has 0 bridgehead atoms. The van der Waals surface area contributed by atoms with Gasteiger partial charge in [-0.05, 0) is 19.3 Å². The van der Waals surface area contributed by atoms with Crippen molar-refractivity contribution in [3.05, 3.63) is 24.2 Å². The highest BCUT2D eigenvalue weighted by Crippen LogP contribution is 2.25. The van der Waals surface area contributed by atoms with Gasteiger partial charge in [0.25, 0.3) is 5.91 Å². The molecule has 2 heterocycles. The van der Waals surface area contributed by atoms with E-state index in [9.17, 15) is 4.79 Å². The summed E-state index contributed by atoms with van der Waals surface area (Å²) in [6.07, 6.45) is 7.78. The Hall–Kier alpha value is -2.51. The monoisotopic (exact) mass is 319 g/mol. The number of hydrogen-bond acceptors (Lipinski definition) is 5. The number of rotatable bonds is 5. The average Bonchev–Trinajstić information content (AvgIpc) is 3.21. The number of nitrogens with one attached hydrogen (secondary N) is 1. The molecular weight excluding hydrogens is 298 g/mol. The van der Waals surface area contributed by atoms with Crippen molar-refractivity contribution < 1.29 is 14.3 Å². The Labute approximate surface area is 134 Å². The maximum atomic E-state index is 12.5. The third-order valence-corrected chi connectivity index (χ3v) is 4.06. The van der Waals surface area contributed by atoms with Gasteiger partial charge in [-0.25, -0.2) is 4.68 Å². The first-order valence-corrected chi connectivity index (χ1v) is 7.60. The smallest absolute Gasteiger partial charge is 0.258 e. The molecule has 1 aliphatic carbocycles. The van der Waals surface area contributed by atoms with Crippen LogP contribution in [-0.2, 0) is 14.1 Å². The Morgan fingerprint density at radius 1 is 1.30 bits per heavy atom. The largest absolute Gasteiger partial charge is 0.485 e. The molecule has 1 N–H and O–H groups in total. The molecule has 1 saturated carbocycles. The maximum absolute atomic E-state index is 12.5. The Kier molecular flexibility index (Phi) is 4.22. The summed E-state index contributed by atoms with van der Waals surface area (Å²) in [6, 6.07) is -0.0346. The molecule has 0 aliphatic heterocycles. The highest BCUT2D eigenvalue weighted by Gasteiger charge is 2.32. The van der Waals surface area contributed by atoms with Crippen molar-refractivity contribution in [3.8, 4) is 11.6 Å². The van der Waals surface area contributed by atoms with Crippen molar-refractivity contribution in [3.63, 3.8) is 0 Å². The lowest BCUT2D eigenvalue weighted by Gasteiger charge is -2.21. The number of ether oxygens (including phenoxy) is 2. The summed E-state index contributed by atoms with van der Waals surface area (Å²) in [5.41, 5.74) is 0.432. The van der Waals surface area contributed by atoms with Gasteiger partial charge >= 0.3 is 0 Å². The summed E-state index contributed by atoms with van der Waals surface area (Å²) in [6.45, 7) is 0.